The van der Waals surface area contributed by atoms with Crippen molar-refractivity contribution in [2.24, 2.45) is 0 Å². The third-order valence-corrected chi connectivity index (χ3v) is 6.35. The van der Waals surface area contributed by atoms with Crippen molar-refractivity contribution in [3.63, 3.8) is 0 Å². The van der Waals surface area contributed by atoms with Crippen LogP contribution in [0, 0.1) is 12.7 Å². The molecular formula is C22H27FN2O4S. The normalized spacial score (nSPS) is 18.7. The van der Waals surface area contributed by atoms with Gasteiger partial charge in [0.15, 0.2) is 0 Å². The second-order valence-corrected chi connectivity index (χ2v) is 10.2. The van der Waals surface area contributed by atoms with Gasteiger partial charge in [0.2, 0.25) is 15.9 Å². The van der Waals surface area contributed by atoms with Gasteiger partial charge in [-0.15, -0.1) is 0 Å². The molecule has 162 valence electrons. The largest absolute Gasteiger partial charge is 0.487 e. The molecule has 1 amide bonds. The van der Waals surface area contributed by atoms with Crippen LogP contribution in [0.5, 0.6) is 5.75 Å². The van der Waals surface area contributed by atoms with Gasteiger partial charge in [0.25, 0.3) is 0 Å². The SMILES string of the molecule is Cc1ccc2c(c1)C(NC(=O)C(C)N(c1ccc(F)cc1)S(C)(=O)=O)CC(C)(C)O2. The molecule has 0 radical (unpaired) electrons. The molecule has 3 rings (SSSR count). The van der Waals surface area contributed by atoms with Gasteiger partial charge in [-0.1, -0.05) is 17.7 Å². The molecule has 0 spiro atoms. The number of fused-ring (bicyclic) bond motifs is 1. The van der Waals surface area contributed by atoms with E-state index in [1.54, 1.807) is 0 Å². The fourth-order valence-electron chi connectivity index (χ4n) is 3.79. The highest BCUT2D eigenvalue weighted by atomic mass is 32.2. The van der Waals surface area contributed by atoms with E-state index in [2.05, 4.69) is 5.32 Å². The summed E-state index contributed by atoms with van der Waals surface area (Å²) < 4.78 is 45.2. The number of amides is 1. The van der Waals surface area contributed by atoms with Crippen LogP contribution in [0.15, 0.2) is 42.5 Å². The smallest absolute Gasteiger partial charge is 0.244 e. The van der Waals surface area contributed by atoms with Gasteiger partial charge in [0.05, 0.1) is 18.0 Å². The maximum atomic E-state index is 13.3. The number of nitrogens with one attached hydrogen (secondary N) is 1. The predicted octanol–water partition coefficient (Wildman–Crippen LogP) is 3.71. The number of sulfonamides is 1. The molecule has 30 heavy (non-hydrogen) atoms. The number of nitrogens with zero attached hydrogens (tertiary/aromatic N) is 1. The maximum Gasteiger partial charge on any atom is 0.244 e. The summed E-state index contributed by atoms with van der Waals surface area (Å²) in [6, 6.07) is 9.47. The van der Waals surface area contributed by atoms with Crippen molar-refractivity contribution in [1.82, 2.24) is 5.32 Å². The minimum Gasteiger partial charge on any atom is -0.487 e. The van der Waals surface area contributed by atoms with Crippen molar-refractivity contribution in [3.8, 4) is 5.75 Å². The quantitative estimate of drug-likeness (QED) is 0.779. The highest BCUT2D eigenvalue weighted by molar-refractivity contribution is 7.92. The average molecular weight is 435 g/mol. The zero-order valence-electron chi connectivity index (χ0n) is 17.8. The number of carbonyl (C=O) groups is 1. The van der Waals surface area contributed by atoms with E-state index in [9.17, 15) is 17.6 Å². The van der Waals surface area contributed by atoms with Crippen LogP contribution < -0.4 is 14.4 Å². The van der Waals surface area contributed by atoms with Gasteiger partial charge in [0.1, 0.15) is 23.2 Å². The molecule has 2 unspecified atom stereocenters. The minimum atomic E-state index is -3.78. The summed E-state index contributed by atoms with van der Waals surface area (Å²) >= 11 is 0. The van der Waals surface area contributed by atoms with Crippen LogP contribution in [-0.4, -0.2) is 32.2 Å². The van der Waals surface area contributed by atoms with Gasteiger partial charge < -0.3 is 10.1 Å². The molecule has 1 heterocycles. The lowest BCUT2D eigenvalue weighted by Gasteiger charge is -2.39. The Bertz CT molecular complexity index is 1050. The van der Waals surface area contributed by atoms with Crippen molar-refractivity contribution in [2.75, 3.05) is 10.6 Å². The third kappa shape index (κ3) is 4.75. The van der Waals surface area contributed by atoms with E-state index in [0.717, 1.165) is 33.8 Å². The molecule has 1 aliphatic heterocycles. The van der Waals surface area contributed by atoms with E-state index in [-0.39, 0.29) is 11.7 Å². The van der Waals surface area contributed by atoms with E-state index < -0.39 is 33.4 Å². The van der Waals surface area contributed by atoms with E-state index >= 15 is 0 Å². The molecule has 2 atom stereocenters. The van der Waals surface area contributed by atoms with Crippen LogP contribution in [-0.2, 0) is 14.8 Å². The minimum absolute atomic E-state index is 0.227. The van der Waals surface area contributed by atoms with E-state index in [0.29, 0.717) is 12.2 Å². The highest BCUT2D eigenvalue weighted by Gasteiger charge is 2.37. The lowest BCUT2D eigenvalue weighted by Crippen LogP contribution is -2.50. The zero-order chi connectivity index (χ0) is 22.3. The van der Waals surface area contributed by atoms with Crippen molar-refractivity contribution < 1.29 is 22.3 Å². The first-order valence-corrected chi connectivity index (χ1v) is 11.6. The Morgan fingerprint density at radius 3 is 2.47 bits per heavy atom. The number of carbonyl (C=O) groups excluding carboxylic acids is 1. The predicted molar refractivity (Wildman–Crippen MR) is 115 cm³/mol. The number of aryl methyl sites for hydroxylation is 1. The van der Waals surface area contributed by atoms with Crippen LogP contribution >= 0.6 is 0 Å². The lowest BCUT2D eigenvalue weighted by atomic mass is 9.89. The van der Waals surface area contributed by atoms with Gasteiger partial charge >= 0.3 is 0 Å². The standard InChI is InChI=1S/C22H27FN2O4S/c1-14-6-11-20-18(12-14)19(13-22(3,4)29-20)24-21(26)15(2)25(30(5,27)28)17-9-7-16(23)8-10-17/h6-12,15,19H,13H2,1-5H3,(H,24,26). The number of hydrogen-bond acceptors (Lipinski definition) is 4. The molecule has 0 bridgehead atoms. The summed E-state index contributed by atoms with van der Waals surface area (Å²) in [7, 11) is -3.78. The van der Waals surface area contributed by atoms with Crippen molar-refractivity contribution in [3.05, 3.63) is 59.4 Å². The van der Waals surface area contributed by atoms with E-state index in [4.69, 9.17) is 4.74 Å². The first kappa shape index (κ1) is 22.1. The topological polar surface area (TPSA) is 75.7 Å². The van der Waals surface area contributed by atoms with Gasteiger partial charge in [0, 0.05) is 12.0 Å². The molecule has 8 heteroatoms. The molecule has 2 aromatic carbocycles. The Hall–Kier alpha value is -2.61. The van der Waals surface area contributed by atoms with E-state index in [1.165, 1.54) is 19.1 Å². The first-order valence-electron chi connectivity index (χ1n) is 9.72. The summed E-state index contributed by atoms with van der Waals surface area (Å²) in [5.41, 5.74) is 1.64. The summed E-state index contributed by atoms with van der Waals surface area (Å²) in [6.07, 6.45) is 1.56. The average Bonchev–Trinajstić information content (AvgIpc) is 2.62. The van der Waals surface area contributed by atoms with Crippen LogP contribution in [0.3, 0.4) is 0 Å². The molecule has 0 saturated carbocycles. The maximum absolute atomic E-state index is 13.3. The van der Waals surface area contributed by atoms with Crippen molar-refractivity contribution >= 4 is 21.6 Å². The molecule has 0 saturated heterocycles. The Morgan fingerprint density at radius 2 is 1.87 bits per heavy atom. The molecular weight excluding hydrogens is 407 g/mol. The third-order valence-electron chi connectivity index (χ3n) is 5.11. The van der Waals surface area contributed by atoms with Gasteiger partial charge in [-0.25, -0.2) is 12.8 Å². The number of ether oxygens (including phenoxy) is 1. The number of benzene rings is 2. The van der Waals surface area contributed by atoms with Crippen LogP contribution in [0.1, 0.15) is 44.4 Å². The molecule has 0 aliphatic carbocycles. The Kier molecular flexibility index (Phi) is 5.82. The van der Waals surface area contributed by atoms with Crippen LogP contribution in [0.25, 0.3) is 0 Å². The van der Waals surface area contributed by atoms with Crippen LogP contribution in [0.4, 0.5) is 10.1 Å². The lowest BCUT2D eigenvalue weighted by molar-refractivity contribution is -0.123. The zero-order valence-corrected chi connectivity index (χ0v) is 18.6. The van der Waals surface area contributed by atoms with Gasteiger partial charge in [-0.3, -0.25) is 9.10 Å². The van der Waals surface area contributed by atoms with Crippen molar-refractivity contribution in [2.45, 2.75) is 51.8 Å². The summed E-state index contributed by atoms with van der Waals surface area (Å²) in [4.78, 5) is 13.1. The monoisotopic (exact) mass is 434 g/mol. The second kappa shape index (κ2) is 7.91. The number of rotatable bonds is 5. The number of halogens is 1. The Balaban J connectivity index is 1.90. The second-order valence-electron chi connectivity index (χ2n) is 8.38. The molecule has 0 aromatic heterocycles. The first-order chi connectivity index (χ1) is 13.9. The fraction of sp³-hybridized carbons (Fsp3) is 0.409. The number of anilines is 1. The fourth-order valence-corrected chi connectivity index (χ4v) is 4.97. The van der Waals surface area contributed by atoms with Gasteiger partial charge in [-0.2, -0.15) is 0 Å². The highest BCUT2D eigenvalue weighted by Crippen LogP contribution is 2.40. The Morgan fingerprint density at radius 1 is 1.23 bits per heavy atom. The number of hydrogen-bond donors (Lipinski definition) is 1. The molecule has 1 aliphatic rings. The summed E-state index contributed by atoms with van der Waals surface area (Å²) in [6.45, 7) is 7.36. The summed E-state index contributed by atoms with van der Waals surface area (Å²) in [5.74, 6) is -0.228. The Labute approximate surface area is 177 Å². The summed E-state index contributed by atoms with van der Waals surface area (Å²) in [5, 5.41) is 2.99. The molecule has 6 nitrogen and oxygen atoms in total. The van der Waals surface area contributed by atoms with Crippen molar-refractivity contribution in [1.29, 1.82) is 0 Å². The molecule has 1 N–H and O–H groups in total. The van der Waals surface area contributed by atoms with E-state index in [1.807, 2.05) is 39.0 Å². The van der Waals surface area contributed by atoms with Gasteiger partial charge in [-0.05, 0) is 58.0 Å². The van der Waals surface area contributed by atoms with Crippen LogP contribution in [0.2, 0.25) is 0 Å². The molecule has 2 aromatic rings. The molecule has 0 fully saturated rings.